The van der Waals surface area contributed by atoms with Crippen LogP contribution in [0.2, 0.25) is 0 Å². The van der Waals surface area contributed by atoms with Crippen molar-refractivity contribution in [1.82, 2.24) is 10.2 Å². The summed E-state index contributed by atoms with van der Waals surface area (Å²) in [7, 11) is 0. The summed E-state index contributed by atoms with van der Waals surface area (Å²) in [5, 5.41) is 3.06. The average Bonchev–Trinajstić information content (AvgIpc) is 3.20. The van der Waals surface area contributed by atoms with E-state index in [1.807, 2.05) is 4.90 Å². The first-order chi connectivity index (χ1) is 8.70. The second-order valence-electron chi connectivity index (χ2n) is 5.54. The number of rotatable bonds is 5. The molecule has 0 aromatic rings. The van der Waals surface area contributed by atoms with Crippen LogP contribution in [0.15, 0.2) is 0 Å². The molecule has 102 valence electrons. The first kappa shape index (κ1) is 13.4. The molecule has 0 unspecified atom stereocenters. The summed E-state index contributed by atoms with van der Waals surface area (Å²) in [6, 6.07) is 0.446. The quantitative estimate of drug-likeness (QED) is 0.809. The summed E-state index contributed by atoms with van der Waals surface area (Å²) in [4.78, 5) is 25.7. The topological polar surface area (TPSA) is 49.4 Å². The molecule has 1 heterocycles. The number of hydrogen-bond donors (Lipinski definition) is 1. The van der Waals surface area contributed by atoms with Crippen molar-refractivity contribution in [3.8, 4) is 0 Å². The van der Waals surface area contributed by atoms with Gasteiger partial charge in [0.2, 0.25) is 11.8 Å². The first-order valence-corrected chi connectivity index (χ1v) is 7.29. The number of carbonyl (C=O) groups is 2. The van der Waals surface area contributed by atoms with Gasteiger partial charge in [-0.05, 0) is 32.1 Å². The molecule has 1 saturated carbocycles. The highest BCUT2D eigenvalue weighted by molar-refractivity contribution is 5.80. The Kier molecular flexibility index (Phi) is 4.61. The van der Waals surface area contributed by atoms with Gasteiger partial charge in [0.25, 0.3) is 0 Å². The van der Waals surface area contributed by atoms with E-state index < -0.39 is 0 Å². The van der Waals surface area contributed by atoms with Gasteiger partial charge in [0, 0.05) is 31.5 Å². The molecule has 0 atom stereocenters. The molecule has 2 fully saturated rings. The lowest BCUT2D eigenvalue weighted by Gasteiger charge is -2.31. The largest absolute Gasteiger partial charge is 0.353 e. The van der Waals surface area contributed by atoms with Crippen molar-refractivity contribution >= 4 is 11.8 Å². The molecule has 1 aliphatic carbocycles. The fourth-order valence-corrected chi connectivity index (χ4v) is 2.42. The van der Waals surface area contributed by atoms with Crippen LogP contribution in [-0.4, -0.2) is 35.8 Å². The molecular formula is C14H24N2O2. The van der Waals surface area contributed by atoms with E-state index >= 15 is 0 Å². The maximum Gasteiger partial charge on any atom is 0.223 e. The zero-order valence-electron chi connectivity index (χ0n) is 11.3. The van der Waals surface area contributed by atoms with Crippen molar-refractivity contribution in [1.29, 1.82) is 0 Å². The predicted octanol–water partition coefficient (Wildman–Crippen LogP) is 1.69. The number of nitrogens with one attached hydrogen (secondary N) is 1. The molecule has 0 bridgehead atoms. The maximum atomic E-state index is 11.9. The molecule has 2 aliphatic rings. The van der Waals surface area contributed by atoms with Crippen LogP contribution in [0.1, 0.15) is 51.9 Å². The Morgan fingerprint density at radius 1 is 1.17 bits per heavy atom. The first-order valence-electron chi connectivity index (χ1n) is 7.29. The number of likely N-dealkylation sites (tertiary alicyclic amines) is 1. The third-order valence-corrected chi connectivity index (χ3v) is 3.89. The summed E-state index contributed by atoms with van der Waals surface area (Å²) in [6.07, 6.45) is 6.63. The molecule has 2 rings (SSSR count). The second kappa shape index (κ2) is 6.21. The van der Waals surface area contributed by atoms with Crippen LogP contribution in [0.3, 0.4) is 0 Å². The third-order valence-electron chi connectivity index (χ3n) is 3.89. The van der Waals surface area contributed by atoms with E-state index in [0.717, 1.165) is 51.6 Å². The van der Waals surface area contributed by atoms with Crippen LogP contribution in [-0.2, 0) is 9.59 Å². The lowest BCUT2D eigenvalue weighted by atomic mass is 9.95. The maximum absolute atomic E-state index is 11.9. The second-order valence-corrected chi connectivity index (χ2v) is 5.54. The molecule has 0 radical (unpaired) electrons. The van der Waals surface area contributed by atoms with Gasteiger partial charge in [-0.15, -0.1) is 0 Å². The smallest absolute Gasteiger partial charge is 0.223 e. The highest BCUT2D eigenvalue weighted by Crippen LogP contribution is 2.23. The number of amides is 2. The van der Waals surface area contributed by atoms with E-state index in [2.05, 4.69) is 12.2 Å². The average molecular weight is 252 g/mol. The SMILES string of the molecule is CCCCC(=O)N1CCC(C(=O)NC2CC2)CC1. The third kappa shape index (κ3) is 3.72. The number of hydrogen-bond acceptors (Lipinski definition) is 2. The molecule has 1 aliphatic heterocycles. The van der Waals surface area contributed by atoms with Gasteiger partial charge in [0.1, 0.15) is 0 Å². The van der Waals surface area contributed by atoms with Crippen molar-refractivity contribution in [2.45, 2.75) is 57.9 Å². The van der Waals surface area contributed by atoms with E-state index in [9.17, 15) is 9.59 Å². The van der Waals surface area contributed by atoms with Gasteiger partial charge in [0.05, 0.1) is 0 Å². The van der Waals surface area contributed by atoms with Gasteiger partial charge in [-0.2, -0.15) is 0 Å². The normalized spacial score (nSPS) is 20.8. The molecular weight excluding hydrogens is 228 g/mol. The summed E-state index contributed by atoms with van der Waals surface area (Å²) in [5.74, 6) is 0.594. The van der Waals surface area contributed by atoms with Crippen LogP contribution in [0.4, 0.5) is 0 Å². The van der Waals surface area contributed by atoms with Gasteiger partial charge in [-0.1, -0.05) is 13.3 Å². The van der Waals surface area contributed by atoms with E-state index in [1.165, 1.54) is 0 Å². The van der Waals surface area contributed by atoms with Crippen LogP contribution >= 0.6 is 0 Å². The zero-order valence-corrected chi connectivity index (χ0v) is 11.3. The van der Waals surface area contributed by atoms with Crippen LogP contribution < -0.4 is 5.32 Å². The van der Waals surface area contributed by atoms with Crippen LogP contribution in [0.5, 0.6) is 0 Å². The Bertz CT molecular complexity index is 305. The van der Waals surface area contributed by atoms with Crippen LogP contribution in [0, 0.1) is 5.92 Å². The molecule has 18 heavy (non-hydrogen) atoms. The number of nitrogens with zero attached hydrogens (tertiary/aromatic N) is 1. The highest BCUT2D eigenvalue weighted by atomic mass is 16.2. The minimum atomic E-state index is 0.126. The van der Waals surface area contributed by atoms with Crippen molar-refractivity contribution in [3.63, 3.8) is 0 Å². The van der Waals surface area contributed by atoms with Gasteiger partial charge >= 0.3 is 0 Å². The van der Waals surface area contributed by atoms with E-state index in [1.54, 1.807) is 0 Å². The van der Waals surface area contributed by atoms with Crippen molar-refractivity contribution in [2.75, 3.05) is 13.1 Å². The van der Waals surface area contributed by atoms with E-state index in [-0.39, 0.29) is 17.7 Å². The van der Waals surface area contributed by atoms with Crippen LogP contribution in [0.25, 0.3) is 0 Å². The number of piperidine rings is 1. The van der Waals surface area contributed by atoms with Gasteiger partial charge in [0.15, 0.2) is 0 Å². The lowest BCUT2D eigenvalue weighted by Crippen LogP contribution is -2.43. The Hall–Kier alpha value is -1.06. The molecule has 0 spiro atoms. The summed E-state index contributed by atoms with van der Waals surface area (Å²) in [6.45, 7) is 3.61. The Morgan fingerprint density at radius 3 is 2.39 bits per heavy atom. The summed E-state index contributed by atoms with van der Waals surface area (Å²) in [5.41, 5.74) is 0. The molecule has 0 aromatic heterocycles. The Morgan fingerprint density at radius 2 is 1.83 bits per heavy atom. The highest BCUT2D eigenvalue weighted by Gasteiger charge is 2.30. The number of carbonyl (C=O) groups excluding carboxylic acids is 2. The monoisotopic (exact) mass is 252 g/mol. The summed E-state index contributed by atoms with van der Waals surface area (Å²) >= 11 is 0. The standard InChI is InChI=1S/C14H24N2O2/c1-2-3-4-13(17)16-9-7-11(8-10-16)14(18)15-12-5-6-12/h11-12H,2-10H2,1H3,(H,15,18). The molecule has 1 N–H and O–H groups in total. The van der Waals surface area contributed by atoms with Crippen molar-refractivity contribution < 1.29 is 9.59 Å². The van der Waals surface area contributed by atoms with Crippen molar-refractivity contribution in [3.05, 3.63) is 0 Å². The minimum absolute atomic E-state index is 0.126. The number of unbranched alkanes of at least 4 members (excludes halogenated alkanes) is 1. The molecule has 4 nitrogen and oxygen atoms in total. The molecule has 1 saturated heterocycles. The molecule has 4 heteroatoms. The predicted molar refractivity (Wildman–Crippen MR) is 70.0 cm³/mol. The van der Waals surface area contributed by atoms with Gasteiger partial charge in [-0.3, -0.25) is 9.59 Å². The summed E-state index contributed by atoms with van der Waals surface area (Å²) < 4.78 is 0. The molecule has 2 amide bonds. The van der Waals surface area contributed by atoms with E-state index in [0.29, 0.717) is 12.5 Å². The molecule has 0 aromatic carbocycles. The lowest BCUT2D eigenvalue weighted by molar-refractivity contribution is -0.135. The van der Waals surface area contributed by atoms with Crippen molar-refractivity contribution in [2.24, 2.45) is 5.92 Å². The Balaban J connectivity index is 1.69. The van der Waals surface area contributed by atoms with Gasteiger partial charge in [-0.25, -0.2) is 0 Å². The zero-order chi connectivity index (χ0) is 13.0. The fourth-order valence-electron chi connectivity index (χ4n) is 2.42. The fraction of sp³-hybridized carbons (Fsp3) is 0.857. The Labute approximate surface area is 109 Å². The minimum Gasteiger partial charge on any atom is -0.353 e. The van der Waals surface area contributed by atoms with E-state index in [4.69, 9.17) is 0 Å². The van der Waals surface area contributed by atoms with Gasteiger partial charge < -0.3 is 10.2 Å².